The Labute approximate surface area is 236 Å². The molecule has 0 bridgehead atoms. The zero-order valence-electron chi connectivity index (χ0n) is 23.2. The predicted molar refractivity (Wildman–Crippen MR) is 171 cm³/mol. The zero-order chi connectivity index (χ0) is 27.6. The summed E-state index contributed by atoms with van der Waals surface area (Å²) in [4.78, 5) is 0. The van der Waals surface area contributed by atoms with E-state index in [-0.39, 0.29) is 5.75 Å². The Bertz CT molecular complexity index is 1290. The number of rotatable bonds is 9. The molecule has 4 rings (SSSR count). The van der Waals surface area contributed by atoms with Crippen molar-refractivity contribution in [2.24, 2.45) is 0 Å². The zero-order valence-corrected chi connectivity index (χ0v) is 26.6. The van der Waals surface area contributed by atoms with Crippen LogP contribution in [0.15, 0.2) is 91.0 Å². The van der Waals surface area contributed by atoms with Gasteiger partial charge in [0, 0.05) is 0 Å². The maximum atomic E-state index is 10.9. The quantitative estimate of drug-likeness (QED) is 0.165. The van der Waals surface area contributed by atoms with Crippen molar-refractivity contribution in [1.29, 1.82) is 0 Å². The van der Waals surface area contributed by atoms with Crippen molar-refractivity contribution in [2.45, 2.75) is 40.8 Å². The van der Waals surface area contributed by atoms with E-state index < -0.39 is 13.6 Å². The summed E-state index contributed by atoms with van der Waals surface area (Å²) in [5.74, 6) is 0.952. The van der Waals surface area contributed by atoms with Crippen LogP contribution in [0.1, 0.15) is 23.6 Å². The third kappa shape index (κ3) is 5.22. The number of ether oxygens (including phenoxy) is 1. The number of hydrogen-bond acceptors (Lipinski definition) is 3. The first-order valence-corrected chi connectivity index (χ1v) is 20.4. The van der Waals surface area contributed by atoms with Gasteiger partial charge in [-0.2, -0.15) is 0 Å². The molecular weight excluding hydrogens is 571 g/mol. The van der Waals surface area contributed by atoms with Gasteiger partial charge in [0.05, 0.1) is 0 Å². The van der Waals surface area contributed by atoms with Crippen LogP contribution in [0.4, 0.5) is 0 Å². The van der Waals surface area contributed by atoms with Crippen molar-refractivity contribution in [3.8, 4) is 11.5 Å². The van der Waals surface area contributed by atoms with Crippen molar-refractivity contribution in [3.05, 3.63) is 108 Å². The van der Waals surface area contributed by atoms with Crippen LogP contribution >= 0.6 is 20.8 Å². The number of aryl methyl sites for hydroxylation is 3. The van der Waals surface area contributed by atoms with Crippen LogP contribution in [0.3, 0.4) is 0 Å². The summed E-state index contributed by atoms with van der Waals surface area (Å²) >= 11 is 4.56. The van der Waals surface area contributed by atoms with E-state index >= 15 is 0 Å². The van der Waals surface area contributed by atoms with Crippen molar-refractivity contribution >= 4 is 50.3 Å². The molecule has 38 heavy (non-hydrogen) atoms. The first-order valence-electron chi connectivity index (χ1n) is 13.0. The van der Waals surface area contributed by atoms with Crippen molar-refractivity contribution < 1.29 is 14.3 Å². The molecule has 0 unspecified atom stereocenters. The Morgan fingerprint density at radius 1 is 0.711 bits per heavy atom. The Morgan fingerprint density at radius 3 is 1.53 bits per heavy atom. The second-order valence-corrected chi connectivity index (χ2v) is 23.1. The molecule has 4 aromatic rings. The number of aromatic hydroxyl groups is 1. The van der Waals surface area contributed by atoms with Crippen molar-refractivity contribution in [3.63, 3.8) is 0 Å². The summed E-state index contributed by atoms with van der Waals surface area (Å²) in [6, 6.07) is 31.8. The SMILES string of the molecule is CCO[Si](C)(C)COc1ccc(O)cc1P(Br)(c1ccc(C)cc1)(c1ccc(C)cc1)c1ccc(C)cc1. The van der Waals surface area contributed by atoms with Gasteiger partial charge in [0.25, 0.3) is 0 Å². The number of phenolic OH excluding ortho intramolecular Hbond substituents is 1. The molecule has 0 amide bonds. The molecule has 0 heterocycles. The number of hydrogen-bond donors (Lipinski definition) is 1. The number of benzene rings is 4. The van der Waals surface area contributed by atoms with Gasteiger partial charge < -0.3 is 0 Å². The van der Waals surface area contributed by atoms with Gasteiger partial charge in [-0.05, 0) is 0 Å². The van der Waals surface area contributed by atoms with Gasteiger partial charge in [0.1, 0.15) is 0 Å². The Balaban J connectivity index is 2.14. The average molecular weight is 610 g/mol. The molecule has 0 fully saturated rings. The summed E-state index contributed by atoms with van der Waals surface area (Å²) in [5.41, 5.74) is 3.57. The fraction of sp³-hybridized carbons (Fsp3) is 0.250. The number of phenols is 1. The normalized spacial score (nSPS) is 13.1. The predicted octanol–water partition coefficient (Wildman–Crippen LogP) is 6.94. The Kier molecular flexibility index (Phi) is 8.25. The van der Waals surface area contributed by atoms with Crippen LogP contribution in [0.2, 0.25) is 13.1 Å². The van der Waals surface area contributed by atoms with Crippen LogP contribution in [0.5, 0.6) is 11.5 Å². The molecule has 0 aliphatic heterocycles. The summed E-state index contributed by atoms with van der Waals surface area (Å²) in [7, 11) is -2.05. The van der Waals surface area contributed by atoms with Crippen LogP contribution in [0.25, 0.3) is 0 Å². The van der Waals surface area contributed by atoms with Crippen LogP contribution in [-0.4, -0.2) is 26.3 Å². The second-order valence-electron chi connectivity index (χ2n) is 10.6. The third-order valence-electron chi connectivity index (χ3n) is 7.06. The first-order chi connectivity index (χ1) is 18.0. The summed E-state index contributed by atoms with van der Waals surface area (Å²) < 4.78 is 12.7. The van der Waals surface area contributed by atoms with Gasteiger partial charge in [0.15, 0.2) is 0 Å². The molecule has 0 aliphatic rings. The van der Waals surface area contributed by atoms with Gasteiger partial charge in [-0.15, -0.1) is 0 Å². The second kappa shape index (κ2) is 11.0. The molecule has 0 saturated carbocycles. The van der Waals surface area contributed by atoms with E-state index in [1.807, 2.05) is 19.1 Å². The average Bonchev–Trinajstić information content (AvgIpc) is 2.89. The fourth-order valence-electron chi connectivity index (χ4n) is 4.98. The topological polar surface area (TPSA) is 38.7 Å². The molecule has 0 spiro atoms. The molecule has 4 aromatic carbocycles. The van der Waals surface area contributed by atoms with E-state index in [0.29, 0.717) is 12.8 Å². The van der Waals surface area contributed by atoms with Gasteiger partial charge in [-0.25, -0.2) is 0 Å². The van der Waals surface area contributed by atoms with Gasteiger partial charge in [-0.1, -0.05) is 0 Å². The van der Waals surface area contributed by atoms with E-state index in [1.54, 1.807) is 6.07 Å². The number of halogens is 1. The van der Waals surface area contributed by atoms with E-state index in [0.717, 1.165) is 27.0 Å². The molecule has 200 valence electrons. The van der Waals surface area contributed by atoms with Gasteiger partial charge in [-0.3, -0.25) is 0 Å². The minimum absolute atomic E-state index is 0.202. The summed E-state index contributed by atoms with van der Waals surface area (Å²) in [6.45, 7) is 13.3. The molecule has 3 nitrogen and oxygen atoms in total. The van der Waals surface area contributed by atoms with Crippen LogP contribution in [-0.2, 0) is 4.43 Å². The van der Waals surface area contributed by atoms with E-state index in [4.69, 9.17) is 9.16 Å². The maximum absolute atomic E-state index is 10.9. The van der Waals surface area contributed by atoms with E-state index in [1.165, 1.54) is 16.7 Å². The first kappa shape index (κ1) is 28.6. The minimum atomic E-state index is -3.59. The molecular formula is C32H38BrO3PSi. The molecule has 0 atom stereocenters. The standard InChI is InChI=1S/C32H38BrO3PSi/c1-7-36-38(5,6)23-35-31-21-14-27(34)22-32(31)37(33,28-15-8-24(2)9-16-28,29-17-10-25(3)11-18-29)30-19-12-26(4)13-20-30/h8-22,34H,7,23H2,1-6H3. The van der Waals surface area contributed by atoms with Crippen LogP contribution in [0, 0.1) is 20.8 Å². The molecule has 0 saturated heterocycles. The molecule has 0 aromatic heterocycles. The van der Waals surface area contributed by atoms with Gasteiger partial charge in [0.2, 0.25) is 0 Å². The van der Waals surface area contributed by atoms with E-state index in [9.17, 15) is 5.11 Å². The third-order valence-corrected chi connectivity index (χ3v) is 18.9. The van der Waals surface area contributed by atoms with E-state index in [2.05, 4.69) is 122 Å². The monoisotopic (exact) mass is 608 g/mol. The summed E-state index contributed by atoms with van der Waals surface area (Å²) in [5, 5.41) is 11.7. The molecule has 0 aliphatic carbocycles. The van der Waals surface area contributed by atoms with Crippen molar-refractivity contribution in [1.82, 2.24) is 0 Å². The van der Waals surface area contributed by atoms with Crippen LogP contribution < -0.4 is 26.0 Å². The van der Waals surface area contributed by atoms with Crippen molar-refractivity contribution in [2.75, 3.05) is 12.8 Å². The molecule has 0 radical (unpaired) electrons. The molecule has 6 heteroatoms. The molecule has 1 N–H and O–H groups in total. The Morgan fingerprint density at radius 2 is 1.13 bits per heavy atom. The fourth-order valence-corrected chi connectivity index (χ4v) is 14.1. The Hall–Kier alpha value is -2.43. The summed E-state index contributed by atoms with van der Waals surface area (Å²) in [6.07, 6.45) is 0.508. The van der Waals surface area contributed by atoms with Gasteiger partial charge >= 0.3 is 237 Å².